The second kappa shape index (κ2) is 9.50. The molecular formula is C24H30N2O5S. The van der Waals surface area contributed by atoms with E-state index in [4.69, 9.17) is 9.47 Å². The largest absolute Gasteiger partial charge is 0.486 e. The van der Waals surface area contributed by atoms with E-state index >= 15 is 0 Å². The first-order chi connectivity index (χ1) is 15.3. The zero-order valence-electron chi connectivity index (χ0n) is 18.5. The summed E-state index contributed by atoms with van der Waals surface area (Å²) in [5, 5.41) is 3.06. The molecule has 1 N–H and O–H groups in total. The van der Waals surface area contributed by atoms with Gasteiger partial charge in [-0.1, -0.05) is 23.8 Å². The molecule has 7 nitrogen and oxygen atoms in total. The molecule has 1 saturated heterocycles. The molecule has 2 aromatic rings. The van der Waals surface area contributed by atoms with Crippen LogP contribution >= 0.6 is 0 Å². The molecule has 32 heavy (non-hydrogen) atoms. The summed E-state index contributed by atoms with van der Waals surface area (Å²) in [6.07, 6.45) is 1.75. The van der Waals surface area contributed by atoms with Gasteiger partial charge in [0.25, 0.3) is 0 Å². The predicted octanol–water partition coefficient (Wildman–Crippen LogP) is 3.43. The summed E-state index contributed by atoms with van der Waals surface area (Å²) in [6, 6.07) is 12.5. The zero-order chi connectivity index (χ0) is 22.7. The SMILES string of the molecule is Cc1ccc(S(=O)(=O)N2CCC(CC(=O)N[C@H](C)c3ccc4c(c3)OCCO4)CC2)cc1. The van der Waals surface area contributed by atoms with Gasteiger partial charge in [-0.2, -0.15) is 4.31 Å². The first kappa shape index (κ1) is 22.6. The lowest BCUT2D eigenvalue weighted by Gasteiger charge is -2.31. The average Bonchev–Trinajstić information content (AvgIpc) is 2.79. The number of aryl methyl sites for hydroxylation is 1. The first-order valence-corrected chi connectivity index (χ1v) is 12.5. The Labute approximate surface area is 189 Å². The second-order valence-electron chi connectivity index (χ2n) is 8.56. The van der Waals surface area contributed by atoms with E-state index in [0.29, 0.717) is 56.2 Å². The van der Waals surface area contributed by atoms with E-state index in [1.807, 2.05) is 44.2 Å². The van der Waals surface area contributed by atoms with Crippen molar-refractivity contribution in [3.63, 3.8) is 0 Å². The smallest absolute Gasteiger partial charge is 0.243 e. The molecule has 0 spiro atoms. The molecular weight excluding hydrogens is 428 g/mol. The molecule has 1 amide bonds. The fourth-order valence-corrected chi connectivity index (χ4v) is 5.66. The van der Waals surface area contributed by atoms with Crippen LogP contribution in [0.3, 0.4) is 0 Å². The van der Waals surface area contributed by atoms with Gasteiger partial charge < -0.3 is 14.8 Å². The standard InChI is InChI=1S/C24H30N2O5S/c1-17-3-6-21(7-4-17)32(28,29)26-11-9-19(10-12-26)15-24(27)25-18(2)20-5-8-22-23(16-20)31-14-13-30-22/h3-8,16,18-19H,9-15H2,1-2H3,(H,25,27)/t18-/m1/s1. The van der Waals surface area contributed by atoms with E-state index in [9.17, 15) is 13.2 Å². The molecule has 4 rings (SSSR count). The minimum atomic E-state index is -3.48. The van der Waals surface area contributed by atoms with Crippen LogP contribution in [0.2, 0.25) is 0 Å². The fraction of sp³-hybridized carbons (Fsp3) is 0.458. The summed E-state index contributed by atoms with van der Waals surface area (Å²) in [7, 11) is -3.48. The van der Waals surface area contributed by atoms with Gasteiger partial charge in [0.05, 0.1) is 10.9 Å². The molecule has 0 radical (unpaired) electrons. The molecule has 0 unspecified atom stereocenters. The van der Waals surface area contributed by atoms with Crippen LogP contribution in [0.15, 0.2) is 47.4 Å². The summed E-state index contributed by atoms with van der Waals surface area (Å²) in [6.45, 7) is 5.82. The third-order valence-electron chi connectivity index (χ3n) is 6.15. The zero-order valence-corrected chi connectivity index (χ0v) is 19.4. The Bertz CT molecular complexity index is 1060. The molecule has 0 aliphatic carbocycles. The van der Waals surface area contributed by atoms with E-state index in [-0.39, 0.29) is 17.9 Å². The van der Waals surface area contributed by atoms with Crippen LogP contribution in [0.5, 0.6) is 11.5 Å². The van der Waals surface area contributed by atoms with Crippen molar-refractivity contribution in [1.29, 1.82) is 0 Å². The summed E-state index contributed by atoms with van der Waals surface area (Å²) >= 11 is 0. The van der Waals surface area contributed by atoms with E-state index in [1.165, 1.54) is 4.31 Å². The van der Waals surface area contributed by atoms with Gasteiger partial charge in [0, 0.05) is 19.5 Å². The lowest BCUT2D eigenvalue weighted by Crippen LogP contribution is -2.39. The quantitative estimate of drug-likeness (QED) is 0.717. The predicted molar refractivity (Wildman–Crippen MR) is 121 cm³/mol. The molecule has 2 aliphatic rings. The highest BCUT2D eigenvalue weighted by atomic mass is 32.2. The average molecular weight is 459 g/mol. The van der Waals surface area contributed by atoms with E-state index in [2.05, 4.69) is 5.32 Å². The summed E-state index contributed by atoms with van der Waals surface area (Å²) in [4.78, 5) is 12.9. The van der Waals surface area contributed by atoms with Crippen LogP contribution in [0, 0.1) is 12.8 Å². The van der Waals surface area contributed by atoms with E-state index in [1.54, 1.807) is 12.1 Å². The number of amides is 1. The highest BCUT2D eigenvalue weighted by Gasteiger charge is 2.30. The van der Waals surface area contributed by atoms with Gasteiger partial charge in [0.1, 0.15) is 13.2 Å². The number of nitrogens with zero attached hydrogens (tertiary/aromatic N) is 1. The molecule has 0 aromatic heterocycles. The fourth-order valence-electron chi connectivity index (χ4n) is 4.19. The Kier molecular flexibility index (Phi) is 6.71. The molecule has 1 atom stereocenters. The van der Waals surface area contributed by atoms with Gasteiger partial charge in [-0.3, -0.25) is 4.79 Å². The lowest BCUT2D eigenvalue weighted by molar-refractivity contribution is -0.122. The number of sulfonamides is 1. The highest BCUT2D eigenvalue weighted by molar-refractivity contribution is 7.89. The van der Waals surface area contributed by atoms with E-state index in [0.717, 1.165) is 16.9 Å². The van der Waals surface area contributed by atoms with E-state index < -0.39 is 10.0 Å². The Morgan fingerprint density at radius 2 is 1.72 bits per heavy atom. The lowest BCUT2D eigenvalue weighted by atomic mass is 9.94. The number of carbonyl (C=O) groups is 1. The minimum Gasteiger partial charge on any atom is -0.486 e. The van der Waals surface area contributed by atoms with Crippen molar-refractivity contribution >= 4 is 15.9 Å². The van der Waals surface area contributed by atoms with Crippen LogP contribution in [0.25, 0.3) is 0 Å². The number of benzene rings is 2. The van der Waals surface area contributed by atoms with Gasteiger partial charge in [0.2, 0.25) is 15.9 Å². The molecule has 172 valence electrons. The number of ether oxygens (including phenoxy) is 2. The number of hydrogen-bond donors (Lipinski definition) is 1. The Hall–Kier alpha value is -2.58. The van der Waals surface area contributed by atoms with Crippen LogP contribution in [-0.2, 0) is 14.8 Å². The Morgan fingerprint density at radius 1 is 1.06 bits per heavy atom. The Balaban J connectivity index is 1.28. The van der Waals surface area contributed by atoms with Crippen LogP contribution < -0.4 is 14.8 Å². The summed E-state index contributed by atoms with van der Waals surface area (Å²) in [5.41, 5.74) is 1.99. The number of fused-ring (bicyclic) bond motifs is 1. The summed E-state index contributed by atoms with van der Waals surface area (Å²) in [5.74, 6) is 1.59. The van der Waals surface area contributed by atoms with Crippen molar-refractivity contribution in [2.24, 2.45) is 5.92 Å². The van der Waals surface area contributed by atoms with Crippen LogP contribution in [0.1, 0.15) is 43.4 Å². The van der Waals surface area contributed by atoms with Crippen LogP contribution in [0.4, 0.5) is 0 Å². The number of rotatable bonds is 6. The Morgan fingerprint density at radius 3 is 2.41 bits per heavy atom. The molecule has 2 heterocycles. The maximum atomic E-state index is 12.9. The second-order valence-corrected chi connectivity index (χ2v) is 10.5. The van der Waals surface area contributed by atoms with Crippen molar-refractivity contribution in [2.75, 3.05) is 26.3 Å². The minimum absolute atomic E-state index is 0.0211. The van der Waals surface area contributed by atoms with Gasteiger partial charge >= 0.3 is 0 Å². The maximum absolute atomic E-state index is 12.9. The monoisotopic (exact) mass is 458 g/mol. The molecule has 1 fully saturated rings. The van der Waals surface area contributed by atoms with Crippen molar-refractivity contribution in [1.82, 2.24) is 9.62 Å². The number of nitrogens with one attached hydrogen (secondary N) is 1. The van der Waals surface area contributed by atoms with Gasteiger partial charge in [-0.05, 0) is 62.4 Å². The van der Waals surface area contributed by atoms with Gasteiger partial charge in [0.15, 0.2) is 11.5 Å². The molecule has 8 heteroatoms. The normalized spacial score (nSPS) is 18.2. The summed E-state index contributed by atoms with van der Waals surface area (Å²) < 4.78 is 38.4. The van der Waals surface area contributed by atoms with Gasteiger partial charge in [-0.25, -0.2) is 8.42 Å². The van der Waals surface area contributed by atoms with Crippen LogP contribution in [-0.4, -0.2) is 44.9 Å². The first-order valence-electron chi connectivity index (χ1n) is 11.1. The third kappa shape index (κ3) is 5.07. The van der Waals surface area contributed by atoms with Crippen molar-refractivity contribution < 1.29 is 22.7 Å². The number of hydrogen-bond acceptors (Lipinski definition) is 5. The topological polar surface area (TPSA) is 84.9 Å². The number of piperidine rings is 1. The molecule has 2 aromatic carbocycles. The number of carbonyl (C=O) groups excluding carboxylic acids is 1. The van der Waals surface area contributed by atoms with Gasteiger partial charge in [-0.15, -0.1) is 0 Å². The molecule has 2 aliphatic heterocycles. The van der Waals surface area contributed by atoms with Crippen molar-refractivity contribution in [3.05, 3.63) is 53.6 Å². The molecule has 0 saturated carbocycles. The van der Waals surface area contributed by atoms with Crippen molar-refractivity contribution in [2.45, 2.75) is 44.0 Å². The highest BCUT2D eigenvalue weighted by Crippen LogP contribution is 2.33. The third-order valence-corrected chi connectivity index (χ3v) is 8.06. The van der Waals surface area contributed by atoms with Crippen molar-refractivity contribution in [3.8, 4) is 11.5 Å². The maximum Gasteiger partial charge on any atom is 0.243 e. The molecule has 0 bridgehead atoms.